The molecule has 1 amide bonds. The first-order chi connectivity index (χ1) is 9.06. The number of ether oxygens (including phenoxy) is 1. The van der Waals surface area contributed by atoms with Crippen molar-refractivity contribution in [1.29, 1.82) is 0 Å². The summed E-state index contributed by atoms with van der Waals surface area (Å²) in [6, 6.07) is 6.13. The van der Waals surface area contributed by atoms with E-state index in [-0.39, 0.29) is 5.91 Å². The Kier molecular flexibility index (Phi) is 4.56. The van der Waals surface area contributed by atoms with Gasteiger partial charge in [-0.3, -0.25) is 4.79 Å². The van der Waals surface area contributed by atoms with Gasteiger partial charge in [0.05, 0.1) is 6.10 Å². The summed E-state index contributed by atoms with van der Waals surface area (Å²) < 4.78 is 5.53. The van der Waals surface area contributed by atoms with Gasteiger partial charge in [-0.05, 0) is 49.9 Å². The Labute approximate surface area is 114 Å². The Morgan fingerprint density at radius 2 is 2.32 bits per heavy atom. The summed E-state index contributed by atoms with van der Waals surface area (Å²) in [6.07, 6.45) is 2.45. The van der Waals surface area contributed by atoms with Gasteiger partial charge in [-0.25, -0.2) is 0 Å². The van der Waals surface area contributed by atoms with Crippen molar-refractivity contribution in [2.75, 3.05) is 6.61 Å². The van der Waals surface area contributed by atoms with Gasteiger partial charge in [0.15, 0.2) is 0 Å². The minimum absolute atomic E-state index is 0.338. The highest BCUT2D eigenvalue weighted by Crippen LogP contribution is 2.15. The highest BCUT2D eigenvalue weighted by molar-refractivity contribution is 5.93. The molecule has 1 aliphatic heterocycles. The second-order valence-electron chi connectivity index (χ2n) is 5.29. The molecule has 2 unspecified atom stereocenters. The zero-order valence-corrected chi connectivity index (χ0v) is 11.6. The smallest absolute Gasteiger partial charge is 0.248 e. The summed E-state index contributed by atoms with van der Waals surface area (Å²) in [5.41, 5.74) is 8.15. The first-order valence-electron chi connectivity index (χ1n) is 6.80. The van der Waals surface area contributed by atoms with Crippen molar-refractivity contribution >= 4 is 5.91 Å². The van der Waals surface area contributed by atoms with Crippen molar-refractivity contribution in [3.63, 3.8) is 0 Å². The fraction of sp³-hybridized carbons (Fsp3) is 0.533. The molecular weight excluding hydrogens is 240 g/mol. The third kappa shape index (κ3) is 3.78. The van der Waals surface area contributed by atoms with Gasteiger partial charge < -0.3 is 15.8 Å². The van der Waals surface area contributed by atoms with Crippen LogP contribution < -0.4 is 11.1 Å². The molecule has 1 aromatic carbocycles. The van der Waals surface area contributed by atoms with Crippen molar-refractivity contribution < 1.29 is 9.53 Å². The van der Waals surface area contributed by atoms with Crippen LogP contribution in [0.3, 0.4) is 0 Å². The summed E-state index contributed by atoms with van der Waals surface area (Å²) in [5, 5.41) is 3.56. The van der Waals surface area contributed by atoms with Crippen LogP contribution in [0, 0.1) is 6.92 Å². The molecule has 0 spiro atoms. The lowest BCUT2D eigenvalue weighted by Crippen LogP contribution is -2.37. The zero-order valence-electron chi connectivity index (χ0n) is 11.6. The van der Waals surface area contributed by atoms with Gasteiger partial charge in [0.2, 0.25) is 5.91 Å². The maximum atomic E-state index is 11.1. The van der Waals surface area contributed by atoms with Crippen LogP contribution in [0.1, 0.15) is 41.3 Å². The van der Waals surface area contributed by atoms with E-state index in [4.69, 9.17) is 10.5 Å². The molecule has 3 N–H and O–H groups in total. The number of hydrogen-bond acceptors (Lipinski definition) is 3. The predicted octanol–water partition coefficient (Wildman–Crippen LogP) is 1.75. The van der Waals surface area contributed by atoms with Crippen LogP contribution >= 0.6 is 0 Å². The Hall–Kier alpha value is -1.39. The lowest BCUT2D eigenvalue weighted by Gasteiger charge is -2.28. The summed E-state index contributed by atoms with van der Waals surface area (Å²) in [4.78, 5) is 11.1. The third-order valence-corrected chi connectivity index (χ3v) is 3.69. The SMILES string of the molecule is Cc1cc(C(N)=O)ccc1CNC1CCOC(C)C1. The second kappa shape index (κ2) is 6.17. The number of primary amides is 1. The topological polar surface area (TPSA) is 64.4 Å². The minimum Gasteiger partial charge on any atom is -0.378 e. The molecule has 0 aromatic heterocycles. The average Bonchev–Trinajstić information content (AvgIpc) is 2.37. The van der Waals surface area contributed by atoms with E-state index in [0.29, 0.717) is 17.7 Å². The molecule has 19 heavy (non-hydrogen) atoms. The molecule has 1 saturated heterocycles. The van der Waals surface area contributed by atoms with Gasteiger partial charge in [0.1, 0.15) is 0 Å². The number of amides is 1. The lowest BCUT2D eigenvalue weighted by atomic mass is 10.0. The largest absolute Gasteiger partial charge is 0.378 e. The summed E-state index contributed by atoms with van der Waals surface area (Å²) in [6.45, 7) is 5.78. The van der Waals surface area contributed by atoms with Crippen LogP contribution in [0.5, 0.6) is 0 Å². The first-order valence-corrected chi connectivity index (χ1v) is 6.80. The molecule has 1 heterocycles. The molecule has 0 aliphatic carbocycles. The van der Waals surface area contributed by atoms with Crippen LogP contribution in [-0.4, -0.2) is 24.7 Å². The molecule has 4 nitrogen and oxygen atoms in total. The van der Waals surface area contributed by atoms with E-state index in [1.165, 1.54) is 5.56 Å². The van der Waals surface area contributed by atoms with E-state index in [0.717, 1.165) is 31.6 Å². The Balaban J connectivity index is 1.94. The van der Waals surface area contributed by atoms with Crippen LogP contribution in [0.2, 0.25) is 0 Å². The Bertz CT molecular complexity index is 459. The average molecular weight is 262 g/mol. The standard InChI is InChI=1S/C15H22N2O2/c1-10-7-12(15(16)18)3-4-13(10)9-17-14-5-6-19-11(2)8-14/h3-4,7,11,14,17H,5-6,8-9H2,1-2H3,(H2,16,18). The summed E-state index contributed by atoms with van der Waals surface area (Å²) in [7, 11) is 0. The Morgan fingerprint density at radius 3 is 2.95 bits per heavy atom. The van der Waals surface area contributed by atoms with Gasteiger partial charge in [-0.2, -0.15) is 0 Å². The molecule has 1 aliphatic rings. The van der Waals surface area contributed by atoms with Crippen LogP contribution in [0.4, 0.5) is 0 Å². The molecule has 4 heteroatoms. The second-order valence-corrected chi connectivity index (χ2v) is 5.29. The van der Waals surface area contributed by atoms with Crippen LogP contribution in [0.25, 0.3) is 0 Å². The lowest BCUT2D eigenvalue weighted by molar-refractivity contribution is 0.0130. The fourth-order valence-electron chi connectivity index (χ4n) is 2.49. The molecule has 2 atom stereocenters. The molecule has 0 saturated carbocycles. The highest BCUT2D eigenvalue weighted by Gasteiger charge is 2.18. The zero-order chi connectivity index (χ0) is 13.8. The quantitative estimate of drug-likeness (QED) is 0.869. The van der Waals surface area contributed by atoms with E-state index in [1.807, 2.05) is 19.1 Å². The van der Waals surface area contributed by atoms with E-state index >= 15 is 0 Å². The predicted molar refractivity (Wildman–Crippen MR) is 75.0 cm³/mol. The highest BCUT2D eigenvalue weighted by atomic mass is 16.5. The fourth-order valence-corrected chi connectivity index (χ4v) is 2.49. The van der Waals surface area contributed by atoms with Crippen molar-refractivity contribution in [3.8, 4) is 0 Å². The molecule has 1 aromatic rings. The van der Waals surface area contributed by atoms with Crippen molar-refractivity contribution in [1.82, 2.24) is 5.32 Å². The summed E-state index contributed by atoms with van der Waals surface area (Å²) >= 11 is 0. The van der Waals surface area contributed by atoms with E-state index in [2.05, 4.69) is 12.2 Å². The number of hydrogen-bond donors (Lipinski definition) is 2. The molecule has 104 valence electrons. The number of benzene rings is 1. The molecule has 0 radical (unpaired) electrons. The van der Waals surface area contributed by atoms with E-state index < -0.39 is 0 Å². The number of carbonyl (C=O) groups excluding carboxylic acids is 1. The van der Waals surface area contributed by atoms with Gasteiger partial charge >= 0.3 is 0 Å². The van der Waals surface area contributed by atoms with Gasteiger partial charge in [-0.15, -0.1) is 0 Å². The number of nitrogens with two attached hydrogens (primary N) is 1. The monoisotopic (exact) mass is 262 g/mol. The van der Waals surface area contributed by atoms with E-state index in [9.17, 15) is 4.79 Å². The van der Waals surface area contributed by atoms with Crippen molar-refractivity contribution in [3.05, 3.63) is 34.9 Å². The number of nitrogens with one attached hydrogen (secondary N) is 1. The third-order valence-electron chi connectivity index (χ3n) is 3.69. The van der Waals surface area contributed by atoms with Crippen LogP contribution in [-0.2, 0) is 11.3 Å². The number of carbonyl (C=O) groups is 1. The van der Waals surface area contributed by atoms with Crippen molar-refractivity contribution in [2.45, 2.75) is 45.4 Å². The maximum Gasteiger partial charge on any atom is 0.248 e. The van der Waals surface area contributed by atoms with E-state index in [1.54, 1.807) is 6.07 Å². The van der Waals surface area contributed by atoms with Gasteiger partial charge in [0, 0.05) is 24.8 Å². The molecule has 0 bridgehead atoms. The van der Waals surface area contributed by atoms with Gasteiger partial charge in [0.25, 0.3) is 0 Å². The number of aryl methyl sites for hydroxylation is 1. The van der Waals surface area contributed by atoms with Crippen LogP contribution in [0.15, 0.2) is 18.2 Å². The number of rotatable bonds is 4. The molecule has 1 fully saturated rings. The Morgan fingerprint density at radius 1 is 1.53 bits per heavy atom. The molecule has 2 rings (SSSR count). The van der Waals surface area contributed by atoms with Gasteiger partial charge in [-0.1, -0.05) is 6.07 Å². The summed E-state index contributed by atoms with van der Waals surface area (Å²) in [5.74, 6) is -0.374. The normalized spacial score (nSPS) is 23.3. The molecular formula is C15H22N2O2. The first kappa shape index (κ1) is 14.0. The maximum absolute atomic E-state index is 11.1. The minimum atomic E-state index is -0.374. The van der Waals surface area contributed by atoms with Crippen molar-refractivity contribution in [2.24, 2.45) is 5.73 Å².